The Balaban J connectivity index is 1.70. The number of aromatic amines is 1. The van der Waals surface area contributed by atoms with Crippen LogP contribution in [0.3, 0.4) is 0 Å². The van der Waals surface area contributed by atoms with Crippen molar-refractivity contribution in [3.63, 3.8) is 0 Å². The first-order valence-corrected chi connectivity index (χ1v) is 9.48. The van der Waals surface area contributed by atoms with E-state index < -0.39 is 7.75 Å². The number of aromatic nitrogens is 1. The third kappa shape index (κ3) is 3.89. The fraction of sp³-hybridized carbons (Fsp3) is 0.533. The summed E-state index contributed by atoms with van der Waals surface area (Å²) in [5.74, 6) is 0.304. The molecular formula is C15H22N3O5P. The number of fused-ring (bicyclic) bond motifs is 1. The lowest BCUT2D eigenvalue weighted by Gasteiger charge is -2.18. The summed E-state index contributed by atoms with van der Waals surface area (Å²) in [6.07, 6.45) is 8.11. The highest BCUT2D eigenvalue weighted by atomic mass is 31.2. The van der Waals surface area contributed by atoms with Gasteiger partial charge in [0.2, 0.25) is 0 Å². The minimum Gasteiger partial charge on any atom is -0.447 e. The van der Waals surface area contributed by atoms with Crippen LogP contribution in [0, 0.1) is 5.92 Å². The van der Waals surface area contributed by atoms with E-state index in [-0.39, 0.29) is 18.7 Å². The Morgan fingerprint density at radius 1 is 1.46 bits per heavy atom. The summed E-state index contributed by atoms with van der Waals surface area (Å²) in [6, 6.07) is 0.0388. The van der Waals surface area contributed by atoms with Gasteiger partial charge in [-0.3, -0.25) is 0 Å². The zero-order chi connectivity index (χ0) is 17.3. The molecule has 8 nitrogen and oxygen atoms in total. The third-order valence-electron chi connectivity index (χ3n) is 4.54. The molecule has 0 spiro atoms. The number of hydrogen-bond acceptors (Lipinski definition) is 3. The molecule has 4 N–H and O–H groups in total. The molecular weight excluding hydrogens is 333 g/mol. The molecule has 0 aromatic carbocycles. The Hall–Kier alpha value is -1.60. The van der Waals surface area contributed by atoms with Crippen LogP contribution in [-0.4, -0.2) is 51.8 Å². The van der Waals surface area contributed by atoms with Crippen molar-refractivity contribution in [3.05, 3.63) is 22.3 Å². The topological polar surface area (TPSA) is 115 Å². The van der Waals surface area contributed by atoms with Crippen molar-refractivity contribution >= 4 is 26.0 Å². The maximum absolute atomic E-state index is 11.2. The van der Waals surface area contributed by atoms with E-state index in [1.54, 1.807) is 0 Å². The first-order valence-electron chi connectivity index (χ1n) is 7.91. The molecule has 9 heteroatoms. The summed E-state index contributed by atoms with van der Waals surface area (Å²) < 4.78 is 17.2. The van der Waals surface area contributed by atoms with E-state index in [4.69, 9.17) is 14.5 Å². The number of nitrogens with one attached hydrogen (secondary N) is 2. The Labute approximate surface area is 139 Å². The number of carbonyl (C=O) groups is 1. The number of hydrogen-bond donors (Lipinski definition) is 4. The summed E-state index contributed by atoms with van der Waals surface area (Å²) in [5, 5.41) is 4.94. The summed E-state index contributed by atoms with van der Waals surface area (Å²) in [5.41, 5.74) is 1.04. The summed E-state index contributed by atoms with van der Waals surface area (Å²) in [7, 11) is -2.77. The molecule has 132 valence electrons. The van der Waals surface area contributed by atoms with Crippen molar-refractivity contribution in [3.8, 4) is 0 Å². The number of nitrogens with zero attached hydrogens (tertiary/aromatic N) is 1. The number of H-pyrrole nitrogens is 1. The fourth-order valence-electron chi connectivity index (χ4n) is 3.13. The van der Waals surface area contributed by atoms with Gasteiger partial charge < -0.3 is 24.8 Å². The lowest BCUT2D eigenvalue weighted by atomic mass is 9.92. The number of rotatable bonds is 6. The molecule has 1 aliphatic heterocycles. The second-order valence-corrected chi connectivity index (χ2v) is 8.04. The number of alkyl carbamates (subject to hydrolysis) is 1. The van der Waals surface area contributed by atoms with Crippen LogP contribution in [0.5, 0.6) is 0 Å². The maximum Gasteiger partial charge on any atom is 0.407 e. The molecule has 1 aromatic heterocycles. The van der Waals surface area contributed by atoms with Crippen LogP contribution in [0.15, 0.2) is 6.20 Å². The zero-order valence-electron chi connectivity index (χ0n) is 13.4. The Morgan fingerprint density at radius 3 is 2.92 bits per heavy atom. The molecule has 0 saturated carbocycles. The standard InChI is InChI=1S/C15H22N3O5P/c1-18(24(20,21)22)5-4-11-8-16-14-3-2-10(7-13(11)14)6-12-9-23-15(19)17-12/h3,7-8,10,12,16H,2,4-6,9H2,1H3,(H,17,19)(H2,20,21,22). The van der Waals surface area contributed by atoms with Crippen LogP contribution in [-0.2, 0) is 15.7 Å². The second kappa shape index (κ2) is 6.72. The predicted octanol–water partition coefficient (Wildman–Crippen LogP) is -0.339. The van der Waals surface area contributed by atoms with Crippen LogP contribution in [0.25, 0.3) is 12.2 Å². The van der Waals surface area contributed by atoms with Crippen molar-refractivity contribution in [1.29, 1.82) is 0 Å². The normalized spacial score (nSPS) is 23.2. The van der Waals surface area contributed by atoms with Gasteiger partial charge in [-0.05, 0) is 43.0 Å². The molecule has 1 saturated heterocycles. The van der Waals surface area contributed by atoms with Gasteiger partial charge in [0.15, 0.2) is 0 Å². The smallest absolute Gasteiger partial charge is 0.407 e. The highest BCUT2D eigenvalue weighted by Gasteiger charge is 2.25. The monoisotopic (exact) mass is 355 g/mol. The quantitative estimate of drug-likeness (QED) is 0.519. The van der Waals surface area contributed by atoms with Gasteiger partial charge >= 0.3 is 13.8 Å². The van der Waals surface area contributed by atoms with Crippen LogP contribution >= 0.6 is 7.75 Å². The Bertz CT molecular complexity index is 784. The summed E-state index contributed by atoms with van der Waals surface area (Å²) >= 11 is 0. The van der Waals surface area contributed by atoms with Gasteiger partial charge in [0.1, 0.15) is 6.61 Å². The maximum atomic E-state index is 11.2. The first kappa shape index (κ1) is 17.2. The molecule has 2 unspecified atom stereocenters. The Kier molecular flexibility index (Phi) is 4.83. The number of amides is 1. The number of likely N-dealkylation sites (N-methyl/N-ethyl adjacent to an activating group) is 1. The van der Waals surface area contributed by atoms with E-state index in [0.717, 1.165) is 33.6 Å². The van der Waals surface area contributed by atoms with Crippen LogP contribution < -0.4 is 15.9 Å². The highest BCUT2D eigenvalue weighted by Crippen LogP contribution is 2.37. The SMILES string of the molecule is CN(CCc1c[nH]c2c1=CC(CC1COC(=O)N1)CC=2)P(=O)(O)O. The van der Waals surface area contributed by atoms with E-state index in [1.165, 1.54) is 7.05 Å². The van der Waals surface area contributed by atoms with Crippen molar-refractivity contribution in [1.82, 2.24) is 15.0 Å². The van der Waals surface area contributed by atoms with Gasteiger partial charge in [-0.25, -0.2) is 14.0 Å². The number of carbonyl (C=O) groups excluding carboxylic acids is 1. The van der Waals surface area contributed by atoms with Crippen molar-refractivity contribution in [2.24, 2.45) is 5.92 Å². The lowest BCUT2D eigenvalue weighted by Crippen LogP contribution is -2.33. The van der Waals surface area contributed by atoms with Crippen molar-refractivity contribution in [2.45, 2.75) is 25.3 Å². The van der Waals surface area contributed by atoms with Crippen LogP contribution in [0.1, 0.15) is 18.4 Å². The first-order chi connectivity index (χ1) is 11.3. The summed E-state index contributed by atoms with van der Waals surface area (Å²) in [4.78, 5) is 32.6. The van der Waals surface area contributed by atoms with Gasteiger partial charge in [-0.1, -0.05) is 12.2 Å². The average molecular weight is 355 g/mol. The molecule has 2 heterocycles. The molecule has 2 aliphatic rings. The predicted molar refractivity (Wildman–Crippen MR) is 88.3 cm³/mol. The molecule has 2 atom stereocenters. The van der Waals surface area contributed by atoms with Crippen molar-refractivity contribution in [2.75, 3.05) is 20.2 Å². The van der Waals surface area contributed by atoms with Gasteiger partial charge in [-0.2, -0.15) is 0 Å². The van der Waals surface area contributed by atoms with Gasteiger partial charge in [-0.15, -0.1) is 0 Å². The molecule has 1 fully saturated rings. The third-order valence-corrected chi connectivity index (χ3v) is 5.63. The number of ether oxygens (including phenoxy) is 1. The van der Waals surface area contributed by atoms with E-state index in [0.29, 0.717) is 18.9 Å². The lowest BCUT2D eigenvalue weighted by molar-refractivity contribution is 0.176. The molecule has 3 rings (SSSR count). The minimum atomic E-state index is -4.19. The van der Waals surface area contributed by atoms with Crippen molar-refractivity contribution < 1.29 is 23.9 Å². The van der Waals surface area contributed by atoms with Crippen LogP contribution in [0.2, 0.25) is 0 Å². The fourth-order valence-corrected chi connectivity index (χ4v) is 3.49. The second-order valence-electron chi connectivity index (χ2n) is 6.33. The molecule has 1 aromatic rings. The molecule has 0 bridgehead atoms. The Morgan fingerprint density at radius 2 is 2.25 bits per heavy atom. The zero-order valence-corrected chi connectivity index (χ0v) is 14.3. The largest absolute Gasteiger partial charge is 0.447 e. The average Bonchev–Trinajstić information content (AvgIpc) is 3.10. The molecule has 1 amide bonds. The summed E-state index contributed by atoms with van der Waals surface area (Å²) in [6.45, 7) is 0.683. The molecule has 1 aliphatic carbocycles. The molecule has 0 radical (unpaired) electrons. The molecule has 24 heavy (non-hydrogen) atoms. The minimum absolute atomic E-state index is 0.0388. The van der Waals surface area contributed by atoms with E-state index in [2.05, 4.69) is 22.5 Å². The van der Waals surface area contributed by atoms with E-state index >= 15 is 0 Å². The van der Waals surface area contributed by atoms with E-state index in [1.807, 2.05) is 6.20 Å². The van der Waals surface area contributed by atoms with Crippen LogP contribution in [0.4, 0.5) is 4.79 Å². The highest BCUT2D eigenvalue weighted by molar-refractivity contribution is 7.49. The van der Waals surface area contributed by atoms with Gasteiger partial charge in [0, 0.05) is 18.1 Å². The van der Waals surface area contributed by atoms with Gasteiger partial charge in [0.25, 0.3) is 0 Å². The van der Waals surface area contributed by atoms with Gasteiger partial charge in [0.05, 0.1) is 6.04 Å². The van der Waals surface area contributed by atoms with E-state index in [9.17, 15) is 9.36 Å². The number of cyclic esters (lactones) is 1.